The number of hydrogen-bond donors (Lipinski definition) is 0. The van der Waals surface area contributed by atoms with Crippen molar-refractivity contribution in [2.24, 2.45) is 11.8 Å². The molecule has 1 aromatic rings. The van der Waals surface area contributed by atoms with Gasteiger partial charge in [0, 0.05) is 0 Å². The minimum absolute atomic E-state index is 0.385. The van der Waals surface area contributed by atoms with Crippen molar-refractivity contribution in [2.45, 2.75) is 96.2 Å². The topological polar surface area (TPSA) is 33.0 Å². The first kappa shape index (κ1) is 22.9. The van der Waals surface area contributed by atoms with Crippen LogP contribution in [-0.2, 0) is 11.2 Å². The average Bonchev–Trinajstić information content (AvgIpc) is 2.74. The molecule has 2 aliphatic carbocycles. The monoisotopic (exact) mass is 415 g/mol. The van der Waals surface area contributed by atoms with Crippen molar-refractivity contribution in [1.29, 1.82) is 5.26 Å². The molecule has 0 spiro atoms. The highest BCUT2D eigenvalue weighted by molar-refractivity contribution is 5.35. The van der Waals surface area contributed by atoms with E-state index in [1.165, 1.54) is 50.7 Å². The van der Waals surface area contributed by atoms with Crippen LogP contribution in [-0.4, -0.2) is 12.2 Å². The second kappa shape index (κ2) is 11.6. The van der Waals surface area contributed by atoms with Crippen molar-refractivity contribution in [3.05, 3.63) is 47.0 Å². The Labute approximate surface area is 180 Å². The molecule has 0 unspecified atom stereocenters. The molecule has 0 bridgehead atoms. The fourth-order valence-electron chi connectivity index (χ4n) is 5.13. The lowest BCUT2D eigenvalue weighted by atomic mass is 9.82. The Morgan fingerprint density at radius 1 is 0.933 bits per heavy atom. The van der Waals surface area contributed by atoms with Crippen molar-refractivity contribution in [3.8, 4) is 6.07 Å². The molecule has 4 heteroatoms. The van der Waals surface area contributed by atoms with Crippen LogP contribution in [0.15, 0.2) is 24.3 Å². The number of allylic oxidation sites excluding steroid dienone is 2. The van der Waals surface area contributed by atoms with Gasteiger partial charge in [-0.2, -0.15) is 5.26 Å². The Kier molecular flexibility index (Phi) is 8.88. The van der Waals surface area contributed by atoms with Gasteiger partial charge in [-0.05, 0) is 114 Å². The predicted octanol–water partition coefficient (Wildman–Crippen LogP) is 7.26. The van der Waals surface area contributed by atoms with Crippen molar-refractivity contribution in [2.75, 3.05) is 0 Å². The van der Waals surface area contributed by atoms with Crippen LogP contribution in [0.2, 0.25) is 0 Å². The highest BCUT2D eigenvalue weighted by Crippen LogP contribution is 2.34. The maximum atomic E-state index is 13.8. The minimum atomic E-state index is -0.749. The minimum Gasteiger partial charge on any atom is -0.375 e. The van der Waals surface area contributed by atoms with E-state index in [1.54, 1.807) is 6.07 Å². The summed E-state index contributed by atoms with van der Waals surface area (Å²) < 4.78 is 34.0. The summed E-state index contributed by atoms with van der Waals surface area (Å²) in [4.78, 5) is 0. The molecule has 0 atom stereocenters. The first-order valence-corrected chi connectivity index (χ1v) is 11.7. The van der Waals surface area contributed by atoms with Crippen LogP contribution in [0.3, 0.4) is 0 Å². The summed E-state index contributed by atoms with van der Waals surface area (Å²) in [5.41, 5.74) is 0.164. The smallest absolute Gasteiger partial charge is 0.144 e. The van der Waals surface area contributed by atoms with Gasteiger partial charge in [-0.3, -0.25) is 0 Å². The third kappa shape index (κ3) is 6.64. The lowest BCUT2D eigenvalue weighted by Crippen LogP contribution is -2.29. The van der Waals surface area contributed by atoms with Gasteiger partial charge in [0.25, 0.3) is 0 Å². The summed E-state index contributed by atoms with van der Waals surface area (Å²) in [6.07, 6.45) is 18.8. The Hall–Kier alpha value is -1.73. The van der Waals surface area contributed by atoms with Crippen molar-refractivity contribution < 1.29 is 13.5 Å². The molecule has 0 heterocycles. The number of benzene rings is 1. The van der Waals surface area contributed by atoms with Gasteiger partial charge in [0.15, 0.2) is 0 Å². The van der Waals surface area contributed by atoms with E-state index < -0.39 is 17.2 Å². The predicted molar refractivity (Wildman–Crippen MR) is 116 cm³/mol. The second-order valence-corrected chi connectivity index (χ2v) is 9.15. The zero-order valence-electron chi connectivity index (χ0n) is 18.2. The van der Waals surface area contributed by atoms with Gasteiger partial charge in [0.1, 0.15) is 23.3 Å². The molecular weight excluding hydrogens is 380 g/mol. The number of ether oxygens (including phenoxy) is 1. The molecule has 0 radical (unpaired) electrons. The molecule has 0 aliphatic heterocycles. The van der Waals surface area contributed by atoms with Crippen LogP contribution in [0.5, 0.6) is 0 Å². The summed E-state index contributed by atoms with van der Waals surface area (Å²) in [7, 11) is 0. The van der Waals surface area contributed by atoms with E-state index in [1.807, 2.05) is 0 Å². The molecule has 164 valence electrons. The summed E-state index contributed by atoms with van der Waals surface area (Å²) in [6.45, 7) is 2.09. The van der Waals surface area contributed by atoms with Gasteiger partial charge in [0.2, 0.25) is 0 Å². The quantitative estimate of drug-likeness (QED) is 0.419. The number of aryl methyl sites for hydroxylation is 1. The van der Waals surface area contributed by atoms with E-state index in [2.05, 4.69) is 19.1 Å². The zero-order valence-corrected chi connectivity index (χ0v) is 18.2. The van der Waals surface area contributed by atoms with Gasteiger partial charge < -0.3 is 4.74 Å². The fraction of sp³-hybridized carbons (Fsp3) is 0.654. The number of rotatable bonds is 8. The van der Waals surface area contributed by atoms with Gasteiger partial charge in [-0.1, -0.05) is 12.2 Å². The lowest BCUT2D eigenvalue weighted by Gasteiger charge is -2.34. The van der Waals surface area contributed by atoms with E-state index in [4.69, 9.17) is 10.00 Å². The summed E-state index contributed by atoms with van der Waals surface area (Å²) in [5, 5.41) is 8.78. The Morgan fingerprint density at radius 2 is 1.47 bits per heavy atom. The van der Waals surface area contributed by atoms with E-state index in [0.29, 0.717) is 30.1 Å². The second-order valence-electron chi connectivity index (χ2n) is 9.15. The molecule has 2 saturated carbocycles. The number of halogens is 2. The Bertz CT molecular complexity index is 715. The first-order valence-electron chi connectivity index (χ1n) is 11.7. The Morgan fingerprint density at radius 3 is 1.97 bits per heavy atom. The maximum Gasteiger partial charge on any atom is 0.144 e. The molecule has 0 amide bonds. The molecule has 30 heavy (non-hydrogen) atoms. The van der Waals surface area contributed by atoms with Crippen LogP contribution in [0, 0.1) is 34.8 Å². The van der Waals surface area contributed by atoms with Crippen LogP contribution >= 0.6 is 0 Å². The van der Waals surface area contributed by atoms with E-state index >= 15 is 0 Å². The normalized spacial score (nSPS) is 27.3. The number of hydrogen-bond acceptors (Lipinski definition) is 2. The summed E-state index contributed by atoms with van der Waals surface area (Å²) >= 11 is 0. The van der Waals surface area contributed by atoms with E-state index in [9.17, 15) is 8.78 Å². The highest BCUT2D eigenvalue weighted by atomic mass is 19.1. The van der Waals surface area contributed by atoms with Crippen molar-refractivity contribution in [1.82, 2.24) is 0 Å². The van der Waals surface area contributed by atoms with Crippen LogP contribution in [0.1, 0.15) is 88.7 Å². The van der Waals surface area contributed by atoms with E-state index in [0.717, 1.165) is 38.0 Å². The molecule has 0 saturated heterocycles. The zero-order chi connectivity index (χ0) is 21.3. The average molecular weight is 416 g/mol. The molecule has 2 nitrogen and oxygen atoms in total. The van der Waals surface area contributed by atoms with Gasteiger partial charge in [-0.15, -0.1) is 0 Å². The SMILES string of the molecule is C/C=C/CCC1CCC(OC2CCC(CCc3cc(F)c(C#N)c(F)c3)CC2)CC1. The molecule has 2 fully saturated rings. The number of nitrogens with zero attached hydrogens (tertiary/aromatic N) is 1. The third-order valence-corrected chi connectivity index (χ3v) is 7.00. The summed E-state index contributed by atoms with van der Waals surface area (Å²) in [6, 6.07) is 4.20. The molecular formula is C26H35F2NO. The van der Waals surface area contributed by atoms with Gasteiger partial charge in [0.05, 0.1) is 12.2 Å². The van der Waals surface area contributed by atoms with Gasteiger partial charge in [-0.25, -0.2) is 8.78 Å². The largest absolute Gasteiger partial charge is 0.375 e. The molecule has 1 aromatic carbocycles. The van der Waals surface area contributed by atoms with Crippen LogP contribution in [0.4, 0.5) is 8.78 Å². The molecule has 0 aromatic heterocycles. The number of nitriles is 1. The Balaban J connectivity index is 1.34. The maximum absolute atomic E-state index is 13.8. The molecule has 3 rings (SSSR count). The molecule has 0 N–H and O–H groups in total. The van der Waals surface area contributed by atoms with Crippen LogP contribution in [0.25, 0.3) is 0 Å². The van der Waals surface area contributed by atoms with Gasteiger partial charge >= 0.3 is 0 Å². The summed E-state index contributed by atoms with van der Waals surface area (Å²) in [5.74, 6) is -0.0371. The van der Waals surface area contributed by atoms with Crippen LogP contribution < -0.4 is 0 Å². The standard InChI is InChI=1S/C26H35F2NO/c1-2-3-4-5-19-8-12-22(13-9-19)30-23-14-10-20(11-15-23)6-7-21-16-25(27)24(18-29)26(28)17-21/h2-3,16-17,19-20,22-23H,4-15H2,1H3/b3-2+. The lowest BCUT2D eigenvalue weighted by molar-refractivity contribution is -0.0569. The third-order valence-electron chi connectivity index (χ3n) is 7.00. The molecule has 2 aliphatic rings. The van der Waals surface area contributed by atoms with Crippen molar-refractivity contribution >= 4 is 0 Å². The first-order chi connectivity index (χ1) is 14.6. The fourth-order valence-corrected chi connectivity index (χ4v) is 5.13. The van der Waals surface area contributed by atoms with E-state index in [-0.39, 0.29) is 0 Å². The highest BCUT2D eigenvalue weighted by Gasteiger charge is 2.27. The van der Waals surface area contributed by atoms with Crippen molar-refractivity contribution in [3.63, 3.8) is 0 Å².